The van der Waals surface area contributed by atoms with E-state index >= 15 is 0 Å². The summed E-state index contributed by atoms with van der Waals surface area (Å²) in [7, 11) is 1.62. The number of carbonyl (C=O) groups is 1. The van der Waals surface area contributed by atoms with Crippen LogP contribution in [-0.4, -0.2) is 23.1 Å². The summed E-state index contributed by atoms with van der Waals surface area (Å²) in [6, 6.07) is 7.56. The van der Waals surface area contributed by atoms with Gasteiger partial charge in [-0.3, -0.25) is 4.79 Å². The number of benzene rings is 1. The molecule has 82 valence electrons. The standard InChI is InChI=1S/C11H11N3O2/c1-16-10-4-2-3-9(5-10)14-6-11(12-7-14)13-8-15/h2-8H,1H3,(H,13,15). The Labute approximate surface area is 92.7 Å². The number of aromatic nitrogens is 2. The number of nitrogens with one attached hydrogen (secondary N) is 1. The average molecular weight is 217 g/mol. The number of anilines is 1. The highest BCUT2D eigenvalue weighted by Crippen LogP contribution is 2.17. The molecule has 0 spiro atoms. The van der Waals surface area contributed by atoms with Gasteiger partial charge in [-0.05, 0) is 12.1 Å². The monoisotopic (exact) mass is 217 g/mol. The number of amides is 1. The van der Waals surface area contributed by atoms with Crippen LogP contribution >= 0.6 is 0 Å². The van der Waals surface area contributed by atoms with E-state index in [1.165, 1.54) is 0 Å². The highest BCUT2D eigenvalue weighted by molar-refractivity contribution is 5.68. The van der Waals surface area contributed by atoms with Gasteiger partial charge in [0.15, 0.2) is 5.82 Å². The summed E-state index contributed by atoms with van der Waals surface area (Å²) in [5.74, 6) is 1.29. The SMILES string of the molecule is COc1cccc(-n2cnc(NC=O)c2)c1. The molecule has 1 heterocycles. The summed E-state index contributed by atoms with van der Waals surface area (Å²) in [4.78, 5) is 14.3. The Kier molecular flexibility index (Phi) is 2.86. The van der Waals surface area contributed by atoms with E-state index < -0.39 is 0 Å². The Balaban J connectivity index is 2.30. The van der Waals surface area contributed by atoms with Crippen molar-refractivity contribution < 1.29 is 9.53 Å². The molecule has 1 aromatic heterocycles. The molecular formula is C11H11N3O2. The lowest BCUT2D eigenvalue weighted by Crippen LogP contribution is -1.93. The maximum Gasteiger partial charge on any atom is 0.212 e. The third-order valence-corrected chi connectivity index (χ3v) is 2.14. The fraction of sp³-hybridized carbons (Fsp3) is 0.0909. The third-order valence-electron chi connectivity index (χ3n) is 2.14. The summed E-state index contributed by atoms with van der Waals surface area (Å²) < 4.78 is 6.93. The Morgan fingerprint density at radius 3 is 3.12 bits per heavy atom. The second-order valence-electron chi connectivity index (χ2n) is 3.13. The first-order valence-corrected chi connectivity index (χ1v) is 4.72. The van der Waals surface area contributed by atoms with Crippen molar-refractivity contribution in [2.45, 2.75) is 0 Å². The smallest absolute Gasteiger partial charge is 0.212 e. The van der Waals surface area contributed by atoms with Gasteiger partial charge in [0, 0.05) is 6.07 Å². The Morgan fingerprint density at radius 2 is 2.38 bits per heavy atom. The van der Waals surface area contributed by atoms with Crippen LogP contribution in [-0.2, 0) is 4.79 Å². The van der Waals surface area contributed by atoms with Gasteiger partial charge in [-0.2, -0.15) is 0 Å². The maximum absolute atomic E-state index is 10.2. The Morgan fingerprint density at radius 1 is 1.50 bits per heavy atom. The molecule has 0 saturated heterocycles. The van der Waals surface area contributed by atoms with Crippen LogP contribution in [0, 0.1) is 0 Å². The van der Waals surface area contributed by atoms with Crippen molar-refractivity contribution in [3.8, 4) is 11.4 Å². The van der Waals surface area contributed by atoms with Crippen molar-refractivity contribution in [1.82, 2.24) is 9.55 Å². The predicted octanol–water partition coefficient (Wildman–Crippen LogP) is 1.45. The molecule has 2 aromatic rings. The van der Waals surface area contributed by atoms with E-state index in [2.05, 4.69) is 10.3 Å². The van der Waals surface area contributed by atoms with Gasteiger partial charge >= 0.3 is 0 Å². The number of hydrogen-bond acceptors (Lipinski definition) is 3. The number of ether oxygens (including phenoxy) is 1. The van der Waals surface area contributed by atoms with Crippen molar-refractivity contribution in [2.75, 3.05) is 12.4 Å². The molecule has 0 atom stereocenters. The van der Waals surface area contributed by atoms with Gasteiger partial charge in [0.1, 0.15) is 12.1 Å². The summed E-state index contributed by atoms with van der Waals surface area (Å²) in [5, 5.41) is 2.48. The molecule has 16 heavy (non-hydrogen) atoms. The van der Waals surface area contributed by atoms with E-state index in [-0.39, 0.29) is 0 Å². The third kappa shape index (κ3) is 2.03. The largest absolute Gasteiger partial charge is 0.497 e. The first kappa shape index (κ1) is 10.2. The van der Waals surface area contributed by atoms with Crippen LogP contribution in [0.15, 0.2) is 36.8 Å². The van der Waals surface area contributed by atoms with Crippen molar-refractivity contribution in [3.05, 3.63) is 36.8 Å². The lowest BCUT2D eigenvalue weighted by Gasteiger charge is -2.04. The zero-order valence-electron chi connectivity index (χ0n) is 8.75. The van der Waals surface area contributed by atoms with Crippen LogP contribution in [0.25, 0.3) is 5.69 Å². The quantitative estimate of drug-likeness (QED) is 0.788. The van der Waals surface area contributed by atoms with Crippen LogP contribution in [0.5, 0.6) is 5.75 Å². The summed E-state index contributed by atoms with van der Waals surface area (Å²) in [6.45, 7) is 0. The van der Waals surface area contributed by atoms with Crippen LogP contribution in [0.4, 0.5) is 5.82 Å². The van der Waals surface area contributed by atoms with Crippen LogP contribution < -0.4 is 10.1 Å². The van der Waals surface area contributed by atoms with Crippen molar-refractivity contribution in [2.24, 2.45) is 0 Å². The van der Waals surface area contributed by atoms with E-state index in [0.29, 0.717) is 12.2 Å². The number of rotatable bonds is 4. The Hall–Kier alpha value is -2.30. The molecule has 0 aliphatic heterocycles. The first-order valence-electron chi connectivity index (χ1n) is 4.72. The maximum atomic E-state index is 10.2. The van der Waals surface area contributed by atoms with E-state index in [9.17, 15) is 4.79 Å². The molecule has 0 aliphatic rings. The van der Waals surface area contributed by atoms with Crippen LogP contribution in [0.3, 0.4) is 0 Å². The van der Waals surface area contributed by atoms with Gasteiger partial charge in [0.25, 0.3) is 0 Å². The molecular weight excluding hydrogens is 206 g/mol. The molecule has 2 rings (SSSR count). The van der Waals surface area contributed by atoms with E-state index in [0.717, 1.165) is 11.4 Å². The number of imidazole rings is 1. The van der Waals surface area contributed by atoms with Crippen LogP contribution in [0.1, 0.15) is 0 Å². The van der Waals surface area contributed by atoms with Crippen molar-refractivity contribution in [3.63, 3.8) is 0 Å². The summed E-state index contributed by atoms with van der Waals surface area (Å²) >= 11 is 0. The summed E-state index contributed by atoms with van der Waals surface area (Å²) in [6.07, 6.45) is 3.95. The lowest BCUT2D eigenvalue weighted by molar-refractivity contribution is -0.105. The average Bonchev–Trinajstić information content (AvgIpc) is 2.78. The number of carbonyl (C=O) groups excluding carboxylic acids is 1. The number of methoxy groups -OCH3 is 1. The van der Waals surface area contributed by atoms with Crippen molar-refractivity contribution >= 4 is 12.2 Å². The van der Waals surface area contributed by atoms with Crippen LogP contribution in [0.2, 0.25) is 0 Å². The predicted molar refractivity (Wildman–Crippen MR) is 59.8 cm³/mol. The molecule has 0 aliphatic carbocycles. The van der Waals surface area contributed by atoms with Crippen molar-refractivity contribution in [1.29, 1.82) is 0 Å². The van der Waals surface area contributed by atoms with Gasteiger partial charge in [0.05, 0.1) is 19.0 Å². The fourth-order valence-corrected chi connectivity index (χ4v) is 1.37. The number of nitrogens with zero attached hydrogens (tertiary/aromatic N) is 2. The second-order valence-corrected chi connectivity index (χ2v) is 3.13. The molecule has 0 saturated carbocycles. The molecule has 5 nitrogen and oxygen atoms in total. The zero-order valence-corrected chi connectivity index (χ0v) is 8.75. The molecule has 0 fully saturated rings. The summed E-state index contributed by atoms with van der Waals surface area (Å²) in [5.41, 5.74) is 0.922. The van der Waals surface area contributed by atoms with E-state index in [1.54, 1.807) is 24.2 Å². The molecule has 1 N–H and O–H groups in total. The van der Waals surface area contributed by atoms with Gasteiger partial charge < -0.3 is 14.6 Å². The van der Waals surface area contributed by atoms with Gasteiger partial charge in [-0.25, -0.2) is 4.98 Å². The van der Waals surface area contributed by atoms with Gasteiger partial charge in [-0.1, -0.05) is 6.07 Å². The molecule has 0 radical (unpaired) electrons. The molecule has 1 amide bonds. The minimum Gasteiger partial charge on any atom is -0.497 e. The topological polar surface area (TPSA) is 56.1 Å². The Bertz CT molecular complexity index is 493. The second kappa shape index (κ2) is 4.48. The minimum atomic E-state index is 0.512. The first-order chi connectivity index (χ1) is 7.83. The minimum absolute atomic E-state index is 0.512. The molecule has 5 heteroatoms. The highest BCUT2D eigenvalue weighted by Gasteiger charge is 2.00. The highest BCUT2D eigenvalue weighted by atomic mass is 16.5. The fourth-order valence-electron chi connectivity index (χ4n) is 1.37. The number of hydrogen-bond donors (Lipinski definition) is 1. The van der Waals surface area contributed by atoms with Gasteiger partial charge in [-0.15, -0.1) is 0 Å². The molecule has 0 unspecified atom stereocenters. The van der Waals surface area contributed by atoms with E-state index in [4.69, 9.17) is 4.74 Å². The lowest BCUT2D eigenvalue weighted by atomic mass is 10.3. The zero-order chi connectivity index (χ0) is 11.4. The molecule has 0 bridgehead atoms. The van der Waals surface area contributed by atoms with E-state index in [1.807, 2.05) is 24.3 Å². The normalized spacial score (nSPS) is 9.81. The molecule has 1 aromatic carbocycles. The van der Waals surface area contributed by atoms with Gasteiger partial charge in [0.2, 0.25) is 6.41 Å².